The summed E-state index contributed by atoms with van der Waals surface area (Å²) in [5, 5.41) is 0. The maximum atomic E-state index is 12.8. The SMILES string of the molecule is CC/C=C\C/C=C\C/C=C\C/C=C\C/C=C\CC(=O)OCC(COC(=O)CCCCCCCCC/C=C\C/C=C\CCCCCC)OC(=O)CCCCCC/C=C\C/C=C\C/C=C\C/C=C\CC. The van der Waals surface area contributed by atoms with Crippen LogP contribution in [0.4, 0.5) is 0 Å². The van der Waals surface area contributed by atoms with Crippen LogP contribution in [-0.2, 0) is 28.6 Å². The molecule has 382 valence electrons. The zero-order valence-electron chi connectivity index (χ0n) is 43.6. The van der Waals surface area contributed by atoms with E-state index in [2.05, 4.69) is 142 Å². The molecule has 0 aliphatic heterocycles. The lowest BCUT2D eigenvalue weighted by Gasteiger charge is -2.18. The lowest BCUT2D eigenvalue weighted by Crippen LogP contribution is -2.30. The molecule has 0 aromatic carbocycles. The first-order chi connectivity index (χ1) is 33.5. The average Bonchev–Trinajstić information content (AvgIpc) is 3.34. The second kappa shape index (κ2) is 55.1. The molecule has 6 nitrogen and oxygen atoms in total. The van der Waals surface area contributed by atoms with Crippen LogP contribution in [0.1, 0.15) is 220 Å². The molecule has 0 aliphatic carbocycles. The molecule has 0 saturated carbocycles. The normalized spacial score (nSPS) is 13.2. The minimum absolute atomic E-state index is 0.114. The van der Waals surface area contributed by atoms with Gasteiger partial charge in [0.2, 0.25) is 0 Å². The van der Waals surface area contributed by atoms with Crippen LogP contribution in [-0.4, -0.2) is 37.2 Å². The van der Waals surface area contributed by atoms with Crippen LogP contribution in [0.3, 0.4) is 0 Å². The Labute approximate surface area is 417 Å². The first-order valence-electron chi connectivity index (χ1n) is 27.2. The Balaban J connectivity index is 4.57. The van der Waals surface area contributed by atoms with E-state index in [1.807, 2.05) is 6.08 Å². The number of hydrogen-bond acceptors (Lipinski definition) is 6. The van der Waals surface area contributed by atoms with E-state index in [9.17, 15) is 14.4 Å². The number of carbonyl (C=O) groups excluding carboxylic acids is 3. The molecule has 1 atom stereocenters. The third-order valence-electron chi connectivity index (χ3n) is 10.9. The van der Waals surface area contributed by atoms with E-state index < -0.39 is 12.1 Å². The van der Waals surface area contributed by atoms with Gasteiger partial charge < -0.3 is 14.2 Å². The zero-order chi connectivity index (χ0) is 49.3. The third kappa shape index (κ3) is 52.5. The van der Waals surface area contributed by atoms with E-state index in [1.165, 1.54) is 57.8 Å². The molecule has 0 aliphatic rings. The van der Waals surface area contributed by atoms with Gasteiger partial charge in [0.15, 0.2) is 6.10 Å². The molecule has 0 heterocycles. The molecule has 0 radical (unpaired) electrons. The van der Waals surface area contributed by atoms with Crippen LogP contribution in [0.15, 0.2) is 134 Å². The van der Waals surface area contributed by atoms with Gasteiger partial charge >= 0.3 is 17.9 Å². The van der Waals surface area contributed by atoms with Crippen LogP contribution in [0.25, 0.3) is 0 Å². The monoisotopic (exact) mass is 939 g/mol. The van der Waals surface area contributed by atoms with Crippen molar-refractivity contribution in [2.75, 3.05) is 13.2 Å². The van der Waals surface area contributed by atoms with Crippen molar-refractivity contribution in [1.29, 1.82) is 0 Å². The van der Waals surface area contributed by atoms with Gasteiger partial charge in [-0.1, -0.05) is 219 Å². The van der Waals surface area contributed by atoms with Gasteiger partial charge in [0.25, 0.3) is 0 Å². The van der Waals surface area contributed by atoms with Crippen molar-refractivity contribution in [1.82, 2.24) is 0 Å². The Morgan fingerprint density at radius 2 is 0.632 bits per heavy atom. The molecule has 0 bridgehead atoms. The molecular formula is C62H98O6. The molecule has 6 heteroatoms. The molecule has 0 rings (SSSR count). The van der Waals surface area contributed by atoms with Crippen molar-refractivity contribution in [2.45, 2.75) is 226 Å². The summed E-state index contributed by atoms with van der Waals surface area (Å²) in [6.45, 7) is 6.26. The number of carbonyl (C=O) groups is 3. The van der Waals surface area contributed by atoms with Crippen molar-refractivity contribution >= 4 is 17.9 Å². The van der Waals surface area contributed by atoms with E-state index in [1.54, 1.807) is 6.08 Å². The Hall–Kier alpha value is -4.45. The summed E-state index contributed by atoms with van der Waals surface area (Å²) in [6.07, 6.45) is 77.4. The number of unbranched alkanes of at least 4 members (excludes halogenated alkanes) is 15. The van der Waals surface area contributed by atoms with E-state index in [4.69, 9.17) is 14.2 Å². The maximum Gasteiger partial charge on any atom is 0.309 e. The number of rotatable bonds is 47. The maximum absolute atomic E-state index is 12.8. The second-order valence-corrected chi connectivity index (χ2v) is 17.4. The van der Waals surface area contributed by atoms with Gasteiger partial charge in [-0.05, 0) is 116 Å². The van der Waals surface area contributed by atoms with Gasteiger partial charge in [-0.2, -0.15) is 0 Å². The van der Waals surface area contributed by atoms with E-state index in [0.29, 0.717) is 6.42 Å². The lowest BCUT2D eigenvalue weighted by molar-refractivity contribution is -0.166. The topological polar surface area (TPSA) is 78.9 Å². The predicted octanol–water partition coefficient (Wildman–Crippen LogP) is 18.3. The minimum atomic E-state index is -0.839. The van der Waals surface area contributed by atoms with Crippen LogP contribution < -0.4 is 0 Å². The first-order valence-corrected chi connectivity index (χ1v) is 27.2. The smallest absolute Gasteiger partial charge is 0.309 e. The van der Waals surface area contributed by atoms with Gasteiger partial charge in [-0.25, -0.2) is 0 Å². The largest absolute Gasteiger partial charge is 0.462 e. The zero-order valence-corrected chi connectivity index (χ0v) is 43.6. The molecule has 0 saturated heterocycles. The highest BCUT2D eigenvalue weighted by Gasteiger charge is 2.19. The van der Waals surface area contributed by atoms with Gasteiger partial charge in [0, 0.05) is 12.8 Å². The average molecular weight is 939 g/mol. The summed E-state index contributed by atoms with van der Waals surface area (Å²) < 4.78 is 16.7. The van der Waals surface area contributed by atoms with E-state index in [-0.39, 0.29) is 38.0 Å². The third-order valence-corrected chi connectivity index (χ3v) is 10.9. The molecule has 0 aromatic rings. The summed E-state index contributed by atoms with van der Waals surface area (Å²) in [5.41, 5.74) is 0. The van der Waals surface area contributed by atoms with Crippen molar-refractivity contribution in [2.24, 2.45) is 0 Å². The van der Waals surface area contributed by atoms with E-state index >= 15 is 0 Å². The number of hydrogen-bond donors (Lipinski definition) is 0. The van der Waals surface area contributed by atoms with Crippen molar-refractivity contribution in [3.63, 3.8) is 0 Å². The highest BCUT2D eigenvalue weighted by atomic mass is 16.6. The fraction of sp³-hybridized carbons (Fsp3) is 0.597. The summed E-state index contributed by atoms with van der Waals surface area (Å²) >= 11 is 0. The quantitative estimate of drug-likeness (QED) is 0.0262. The summed E-state index contributed by atoms with van der Waals surface area (Å²) in [4.78, 5) is 38.0. The predicted molar refractivity (Wildman–Crippen MR) is 292 cm³/mol. The number of ether oxygens (including phenoxy) is 3. The van der Waals surface area contributed by atoms with Crippen LogP contribution >= 0.6 is 0 Å². The summed E-state index contributed by atoms with van der Waals surface area (Å²) in [6, 6.07) is 0. The van der Waals surface area contributed by atoms with Gasteiger partial charge in [-0.3, -0.25) is 14.4 Å². The molecule has 0 amide bonds. The van der Waals surface area contributed by atoms with Crippen molar-refractivity contribution in [3.05, 3.63) is 134 Å². The van der Waals surface area contributed by atoms with Crippen LogP contribution in [0.2, 0.25) is 0 Å². The van der Waals surface area contributed by atoms with Crippen molar-refractivity contribution in [3.8, 4) is 0 Å². The van der Waals surface area contributed by atoms with Gasteiger partial charge in [-0.15, -0.1) is 0 Å². The molecule has 1 unspecified atom stereocenters. The molecule has 0 N–H and O–H groups in total. The Morgan fingerprint density at radius 3 is 1.03 bits per heavy atom. The van der Waals surface area contributed by atoms with Gasteiger partial charge in [0.05, 0.1) is 6.42 Å². The molecule has 68 heavy (non-hydrogen) atoms. The number of allylic oxidation sites excluding steroid dienone is 21. The molecule has 0 aromatic heterocycles. The highest BCUT2D eigenvalue weighted by molar-refractivity contribution is 5.72. The molecular weight excluding hydrogens is 841 g/mol. The summed E-state index contributed by atoms with van der Waals surface area (Å²) in [7, 11) is 0. The lowest BCUT2D eigenvalue weighted by atomic mass is 10.1. The highest BCUT2D eigenvalue weighted by Crippen LogP contribution is 2.13. The first kappa shape index (κ1) is 63.5. The number of esters is 3. The van der Waals surface area contributed by atoms with Crippen LogP contribution in [0.5, 0.6) is 0 Å². The molecule has 0 spiro atoms. The van der Waals surface area contributed by atoms with Crippen LogP contribution in [0, 0.1) is 0 Å². The van der Waals surface area contributed by atoms with Crippen molar-refractivity contribution < 1.29 is 28.6 Å². The molecule has 0 fully saturated rings. The Morgan fingerprint density at radius 1 is 0.324 bits per heavy atom. The fourth-order valence-corrected chi connectivity index (χ4v) is 6.89. The fourth-order valence-electron chi connectivity index (χ4n) is 6.89. The Bertz CT molecular complexity index is 1500. The second-order valence-electron chi connectivity index (χ2n) is 17.4. The Kier molecular flexibility index (Phi) is 51.5. The summed E-state index contributed by atoms with van der Waals surface area (Å²) in [5.74, 6) is -1.10. The van der Waals surface area contributed by atoms with Gasteiger partial charge in [0.1, 0.15) is 13.2 Å². The minimum Gasteiger partial charge on any atom is -0.462 e. The standard InChI is InChI=1S/C62H98O6/c1-4-7-10-13-16-19-22-25-28-30-32-34-37-40-43-46-49-52-55-61(64)67-58-59(57-66-60(63)54-51-48-45-42-39-36-33-27-24-21-18-15-12-9-6-3)68-62(65)56-53-50-47-44-41-38-35-31-29-26-23-20-17-14-11-8-5-2/h8-9,11-12,17-22,26-30,33,35,38-39,42,48,51,59H,4-7,10,13-16,23-25,31-32,34,36-37,40-41,43-47,49-50,52-58H2,1-3H3/b11-8-,12-9-,20-17-,21-18-,22-19-,29-26-,30-28-,33-27-,38-35-,42-39-,51-48-. The van der Waals surface area contributed by atoms with E-state index in [0.717, 1.165) is 122 Å².